The summed E-state index contributed by atoms with van der Waals surface area (Å²) in [6, 6.07) is 0. The van der Waals surface area contributed by atoms with E-state index in [9.17, 15) is 0 Å². The molecule has 0 saturated heterocycles. The molecule has 0 radical (unpaired) electrons. The first-order chi connectivity index (χ1) is 4.16. The van der Waals surface area contributed by atoms with E-state index in [1.54, 1.807) is 6.92 Å². The van der Waals surface area contributed by atoms with Crippen molar-refractivity contribution < 1.29 is 5.11 Å². The van der Waals surface area contributed by atoms with E-state index < -0.39 is 6.23 Å². The first-order valence-corrected chi connectivity index (χ1v) is 3.30. The second-order valence-corrected chi connectivity index (χ2v) is 2.09. The minimum Gasteiger partial charge on any atom is -0.374 e. The molecule has 1 atom stereocenters. The van der Waals surface area contributed by atoms with Crippen LogP contribution in [0.2, 0.25) is 0 Å². The molecule has 9 heavy (non-hydrogen) atoms. The molecule has 3 nitrogen and oxygen atoms in total. The van der Waals surface area contributed by atoms with E-state index in [1.165, 1.54) is 0 Å². The van der Waals surface area contributed by atoms with Crippen LogP contribution in [0.5, 0.6) is 0 Å². The van der Waals surface area contributed by atoms with Gasteiger partial charge in [-0.1, -0.05) is 0 Å². The molecule has 0 aliphatic rings. The third-order valence-corrected chi connectivity index (χ3v) is 0.940. The Morgan fingerprint density at radius 3 is 2.67 bits per heavy atom. The van der Waals surface area contributed by atoms with Crippen molar-refractivity contribution in [3.05, 3.63) is 0 Å². The number of hydrogen-bond acceptors (Lipinski definition) is 2. The lowest BCUT2D eigenvalue weighted by Crippen LogP contribution is -2.40. The molecule has 0 fully saturated rings. The van der Waals surface area contributed by atoms with Crippen LogP contribution < -0.4 is 10.6 Å². The number of aliphatic hydroxyl groups excluding tert-OH is 1. The summed E-state index contributed by atoms with van der Waals surface area (Å²) in [6.45, 7) is 4.33. The van der Waals surface area contributed by atoms with Crippen LogP contribution in [-0.2, 0) is 0 Å². The molecule has 0 amide bonds. The number of hydrogen-bond donors (Lipinski definition) is 3. The van der Waals surface area contributed by atoms with E-state index in [-0.39, 0.29) is 0 Å². The fourth-order valence-electron chi connectivity index (χ4n) is 0.401. The highest BCUT2D eigenvalue weighted by Crippen LogP contribution is 1.71. The van der Waals surface area contributed by atoms with Gasteiger partial charge in [0, 0.05) is 6.54 Å². The molecular formula is C5H12N2OS. The molecule has 3 N–H and O–H groups in total. The first kappa shape index (κ1) is 8.65. The van der Waals surface area contributed by atoms with Gasteiger partial charge >= 0.3 is 0 Å². The Bertz CT molecular complexity index is 95.0. The third-order valence-electron chi connectivity index (χ3n) is 0.677. The molecule has 54 valence electrons. The van der Waals surface area contributed by atoms with Crippen LogP contribution >= 0.6 is 12.2 Å². The second kappa shape index (κ2) is 4.52. The smallest absolute Gasteiger partial charge is 0.168 e. The summed E-state index contributed by atoms with van der Waals surface area (Å²) in [4.78, 5) is 0. The third kappa shape index (κ3) is 5.52. The Hall–Kier alpha value is -0.350. The molecule has 0 saturated carbocycles. The standard InChI is InChI=1S/C5H12N2OS/c1-3-6-5(9)7-4(2)8/h4,8H,3H2,1-2H3,(H2,6,7,9). The van der Waals surface area contributed by atoms with E-state index in [2.05, 4.69) is 10.6 Å². The fraction of sp³-hybridized carbons (Fsp3) is 0.800. The van der Waals surface area contributed by atoms with Gasteiger partial charge in [-0.25, -0.2) is 0 Å². The van der Waals surface area contributed by atoms with Crippen LogP contribution in [0.15, 0.2) is 0 Å². The van der Waals surface area contributed by atoms with Crippen LogP contribution in [0.1, 0.15) is 13.8 Å². The average Bonchev–Trinajstić information content (AvgIpc) is 1.63. The average molecular weight is 148 g/mol. The minimum atomic E-state index is -0.573. The van der Waals surface area contributed by atoms with Gasteiger partial charge < -0.3 is 15.7 Å². The molecule has 0 aliphatic heterocycles. The van der Waals surface area contributed by atoms with Crippen LogP contribution in [0, 0.1) is 0 Å². The lowest BCUT2D eigenvalue weighted by atomic mass is 10.6. The Balaban J connectivity index is 3.27. The zero-order valence-electron chi connectivity index (χ0n) is 5.64. The lowest BCUT2D eigenvalue weighted by Gasteiger charge is -2.09. The number of thiocarbonyl (C=S) groups is 1. The summed E-state index contributed by atoms with van der Waals surface area (Å²) < 4.78 is 0. The SMILES string of the molecule is CCNC(=S)NC(C)O. The second-order valence-electron chi connectivity index (χ2n) is 1.68. The number of rotatable bonds is 2. The molecule has 0 spiro atoms. The van der Waals surface area contributed by atoms with Crippen molar-refractivity contribution in [1.29, 1.82) is 0 Å². The van der Waals surface area contributed by atoms with Gasteiger partial charge in [0.1, 0.15) is 6.23 Å². The summed E-state index contributed by atoms with van der Waals surface area (Å²) >= 11 is 4.75. The van der Waals surface area contributed by atoms with Crippen molar-refractivity contribution in [3.8, 4) is 0 Å². The van der Waals surface area contributed by atoms with Gasteiger partial charge in [0.2, 0.25) is 0 Å². The molecule has 0 bridgehead atoms. The summed E-state index contributed by atoms with van der Waals surface area (Å²) in [6.07, 6.45) is -0.573. The quantitative estimate of drug-likeness (QED) is 0.375. The predicted molar refractivity (Wildman–Crippen MR) is 41.1 cm³/mol. The maximum atomic E-state index is 8.71. The van der Waals surface area contributed by atoms with Gasteiger partial charge in [0.15, 0.2) is 5.11 Å². The Labute approximate surface area is 60.5 Å². The number of aliphatic hydroxyl groups is 1. The van der Waals surface area contributed by atoms with Gasteiger partial charge in [0.25, 0.3) is 0 Å². The molecular weight excluding hydrogens is 136 g/mol. The Kier molecular flexibility index (Phi) is 4.35. The van der Waals surface area contributed by atoms with E-state index >= 15 is 0 Å². The summed E-state index contributed by atoms with van der Waals surface area (Å²) in [5.41, 5.74) is 0. The number of nitrogens with one attached hydrogen (secondary N) is 2. The molecule has 0 aromatic heterocycles. The molecule has 0 aromatic rings. The predicted octanol–water partition coefficient (Wildman–Crippen LogP) is -0.191. The van der Waals surface area contributed by atoms with Crippen LogP contribution in [-0.4, -0.2) is 23.0 Å². The lowest BCUT2D eigenvalue weighted by molar-refractivity contribution is 0.180. The minimum absolute atomic E-state index is 0.493. The maximum absolute atomic E-state index is 8.71. The molecule has 4 heteroatoms. The topological polar surface area (TPSA) is 44.3 Å². The van der Waals surface area contributed by atoms with Gasteiger partial charge in [-0.05, 0) is 26.1 Å². The van der Waals surface area contributed by atoms with Crippen molar-refractivity contribution in [2.45, 2.75) is 20.1 Å². The zero-order valence-corrected chi connectivity index (χ0v) is 6.46. The van der Waals surface area contributed by atoms with E-state index in [0.29, 0.717) is 5.11 Å². The van der Waals surface area contributed by atoms with E-state index in [0.717, 1.165) is 6.54 Å². The van der Waals surface area contributed by atoms with Crippen molar-refractivity contribution in [1.82, 2.24) is 10.6 Å². The monoisotopic (exact) mass is 148 g/mol. The normalized spacial score (nSPS) is 12.3. The van der Waals surface area contributed by atoms with Gasteiger partial charge in [-0.2, -0.15) is 0 Å². The summed E-state index contributed by atoms with van der Waals surface area (Å²) in [5.74, 6) is 0. The Morgan fingerprint density at radius 1 is 1.78 bits per heavy atom. The Morgan fingerprint density at radius 2 is 2.33 bits per heavy atom. The van der Waals surface area contributed by atoms with E-state index in [1.807, 2.05) is 6.92 Å². The summed E-state index contributed by atoms with van der Waals surface area (Å²) in [5, 5.41) is 14.7. The molecule has 0 aromatic carbocycles. The van der Waals surface area contributed by atoms with Crippen molar-refractivity contribution in [3.63, 3.8) is 0 Å². The highest BCUT2D eigenvalue weighted by atomic mass is 32.1. The largest absolute Gasteiger partial charge is 0.374 e. The molecule has 0 aliphatic carbocycles. The first-order valence-electron chi connectivity index (χ1n) is 2.89. The van der Waals surface area contributed by atoms with Gasteiger partial charge in [-0.3, -0.25) is 0 Å². The van der Waals surface area contributed by atoms with Crippen LogP contribution in [0.4, 0.5) is 0 Å². The highest BCUT2D eigenvalue weighted by molar-refractivity contribution is 7.80. The zero-order chi connectivity index (χ0) is 7.28. The van der Waals surface area contributed by atoms with Gasteiger partial charge in [-0.15, -0.1) is 0 Å². The molecule has 0 rings (SSSR count). The summed E-state index contributed by atoms with van der Waals surface area (Å²) in [7, 11) is 0. The fourth-order valence-corrected chi connectivity index (χ4v) is 0.716. The van der Waals surface area contributed by atoms with E-state index in [4.69, 9.17) is 17.3 Å². The van der Waals surface area contributed by atoms with Crippen molar-refractivity contribution in [2.75, 3.05) is 6.54 Å². The van der Waals surface area contributed by atoms with Crippen molar-refractivity contribution >= 4 is 17.3 Å². The van der Waals surface area contributed by atoms with Crippen LogP contribution in [0.25, 0.3) is 0 Å². The highest BCUT2D eigenvalue weighted by Gasteiger charge is 1.94. The molecule has 1 unspecified atom stereocenters. The maximum Gasteiger partial charge on any atom is 0.168 e. The van der Waals surface area contributed by atoms with Crippen LogP contribution in [0.3, 0.4) is 0 Å². The molecule has 0 heterocycles. The van der Waals surface area contributed by atoms with Gasteiger partial charge in [0.05, 0.1) is 0 Å². The van der Waals surface area contributed by atoms with Crippen molar-refractivity contribution in [2.24, 2.45) is 0 Å².